The van der Waals surface area contributed by atoms with E-state index >= 15 is 0 Å². The van der Waals surface area contributed by atoms with E-state index < -0.39 is 0 Å². The van der Waals surface area contributed by atoms with Gasteiger partial charge >= 0.3 is 0 Å². The highest BCUT2D eigenvalue weighted by molar-refractivity contribution is 5.47. The molecule has 3 rings (SSSR count). The van der Waals surface area contributed by atoms with Crippen molar-refractivity contribution in [2.24, 2.45) is 11.3 Å². The molecule has 0 radical (unpaired) electrons. The predicted octanol–water partition coefficient (Wildman–Crippen LogP) is 3.83. The molecule has 0 heterocycles. The molecule has 3 atom stereocenters. The first-order valence-corrected chi connectivity index (χ1v) is 7.27. The Labute approximate surface area is 115 Å². The molecule has 0 aliphatic heterocycles. The van der Waals surface area contributed by atoms with E-state index in [0.717, 1.165) is 11.3 Å². The van der Waals surface area contributed by atoms with Gasteiger partial charge in [-0.05, 0) is 46.9 Å². The minimum absolute atomic E-state index is 0.0883. The molecule has 2 aliphatic rings. The molecule has 2 aliphatic carbocycles. The maximum Gasteiger partial charge on any atom is 0.119 e. The average molecular weight is 260 g/mol. The number of ether oxygens (including phenoxy) is 1. The van der Waals surface area contributed by atoms with Gasteiger partial charge in [0.1, 0.15) is 5.75 Å². The monoisotopic (exact) mass is 260 g/mol. The van der Waals surface area contributed by atoms with E-state index in [2.05, 4.69) is 32.9 Å². The lowest BCUT2D eigenvalue weighted by Gasteiger charge is -2.48. The molecule has 0 aromatic heterocycles. The van der Waals surface area contributed by atoms with E-state index in [1.807, 2.05) is 6.07 Å². The van der Waals surface area contributed by atoms with Crippen LogP contribution in [0.15, 0.2) is 18.2 Å². The number of hydrogen-bond donors (Lipinski definition) is 1. The summed E-state index contributed by atoms with van der Waals surface area (Å²) in [6.45, 7) is 6.94. The zero-order valence-corrected chi connectivity index (χ0v) is 12.4. The van der Waals surface area contributed by atoms with Crippen LogP contribution >= 0.6 is 0 Å². The van der Waals surface area contributed by atoms with Crippen molar-refractivity contribution in [2.45, 2.75) is 51.6 Å². The van der Waals surface area contributed by atoms with Gasteiger partial charge in [-0.1, -0.05) is 33.3 Å². The molecule has 1 fully saturated rings. The molecule has 1 aromatic carbocycles. The van der Waals surface area contributed by atoms with E-state index in [1.165, 1.54) is 24.8 Å². The van der Waals surface area contributed by atoms with E-state index in [4.69, 9.17) is 4.74 Å². The lowest BCUT2D eigenvalue weighted by Crippen LogP contribution is -2.43. The van der Waals surface area contributed by atoms with Crippen molar-refractivity contribution in [3.8, 4) is 5.75 Å². The van der Waals surface area contributed by atoms with Gasteiger partial charge in [0.25, 0.3) is 0 Å². The topological polar surface area (TPSA) is 29.5 Å². The van der Waals surface area contributed by atoms with Crippen molar-refractivity contribution in [2.75, 3.05) is 7.11 Å². The van der Waals surface area contributed by atoms with Gasteiger partial charge in [0.15, 0.2) is 0 Å². The Kier molecular flexibility index (Phi) is 2.72. The van der Waals surface area contributed by atoms with Crippen molar-refractivity contribution >= 4 is 0 Å². The van der Waals surface area contributed by atoms with Crippen molar-refractivity contribution in [3.05, 3.63) is 29.3 Å². The summed E-state index contributed by atoms with van der Waals surface area (Å²) in [5, 5.41) is 10.8. The minimum atomic E-state index is -0.332. The second kappa shape index (κ2) is 3.99. The van der Waals surface area contributed by atoms with Gasteiger partial charge in [0.2, 0.25) is 0 Å². The number of aliphatic hydroxyl groups excluding tert-OH is 1. The lowest BCUT2D eigenvalue weighted by atomic mass is 9.56. The van der Waals surface area contributed by atoms with Gasteiger partial charge in [0.05, 0.1) is 13.2 Å². The highest BCUT2D eigenvalue weighted by atomic mass is 16.5. The van der Waals surface area contributed by atoms with Crippen LogP contribution in [-0.4, -0.2) is 12.2 Å². The lowest BCUT2D eigenvalue weighted by molar-refractivity contribution is -0.0272. The fraction of sp³-hybridized carbons (Fsp3) is 0.647. The number of fused-ring (bicyclic) bond motifs is 3. The molecule has 0 bridgehead atoms. The second-order valence-corrected chi connectivity index (χ2v) is 7.14. The summed E-state index contributed by atoms with van der Waals surface area (Å²) in [6.07, 6.45) is 3.28. The van der Waals surface area contributed by atoms with E-state index in [1.54, 1.807) is 7.11 Å². The first-order valence-electron chi connectivity index (χ1n) is 7.27. The second-order valence-electron chi connectivity index (χ2n) is 7.14. The minimum Gasteiger partial charge on any atom is -0.497 e. The van der Waals surface area contributed by atoms with Crippen LogP contribution in [0.5, 0.6) is 5.75 Å². The van der Waals surface area contributed by atoms with E-state index in [-0.39, 0.29) is 16.9 Å². The Balaban J connectivity index is 2.16. The Morgan fingerprint density at radius 3 is 2.63 bits per heavy atom. The molecule has 0 amide bonds. The smallest absolute Gasteiger partial charge is 0.119 e. The molecule has 2 nitrogen and oxygen atoms in total. The predicted molar refractivity (Wildman–Crippen MR) is 76.4 cm³/mol. The van der Waals surface area contributed by atoms with Crippen molar-refractivity contribution in [1.82, 2.24) is 0 Å². The summed E-state index contributed by atoms with van der Waals surface area (Å²) >= 11 is 0. The molecule has 0 saturated heterocycles. The number of rotatable bonds is 1. The van der Waals surface area contributed by atoms with Gasteiger partial charge < -0.3 is 9.84 Å². The van der Waals surface area contributed by atoms with Crippen LogP contribution in [-0.2, 0) is 5.41 Å². The molecule has 1 aromatic rings. The van der Waals surface area contributed by atoms with Gasteiger partial charge in [0, 0.05) is 5.92 Å². The van der Waals surface area contributed by atoms with Crippen molar-refractivity contribution in [1.29, 1.82) is 0 Å². The summed E-state index contributed by atoms with van der Waals surface area (Å²) < 4.78 is 5.37. The third-order valence-corrected chi connectivity index (χ3v) is 5.56. The normalized spacial score (nSPS) is 35.6. The van der Waals surface area contributed by atoms with Gasteiger partial charge in [-0.25, -0.2) is 0 Å². The zero-order chi connectivity index (χ0) is 13.8. The number of aliphatic hydroxyl groups is 1. The van der Waals surface area contributed by atoms with E-state index in [0.29, 0.717) is 5.92 Å². The third-order valence-electron chi connectivity index (χ3n) is 5.56. The summed E-state index contributed by atoms with van der Waals surface area (Å²) in [5.41, 5.74) is 2.70. The van der Waals surface area contributed by atoms with Crippen LogP contribution < -0.4 is 4.74 Å². The van der Waals surface area contributed by atoms with Crippen LogP contribution in [0.1, 0.15) is 57.3 Å². The maximum absolute atomic E-state index is 10.8. The molecular weight excluding hydrogens is 236 g/mol. The summed E-state index contributed by atoms with van der Waals surface area (Å²) in [7, 11) is 1.71. The van der Waals surface area contributed by atoms with Gasteiger partial charge in [-0.3, -0.25) is 0 Å². The van der Waals surface area contributed by atoms with Crippen LogP contribution in [0.3, 0.4) is 0 Å². The van der Waals surface area contributed by atoms with Crippen LogP contribution in [0, 0.1) is 11.3 Å². The quantitative estimate of drug-likeness (QED) is 0.831. The molecule has 0 spiro atoms. The fourth-order valence-electron chi connectivity index (χ4n) is 4.76. The Bertz CT molecular complexity index is 506. The van der Waals surface area contributed by atoms with Crippen molar-refractivity contribution in [3.63, 3.8) is 0 Å². The van der Waals surface area contributed by atoms with Crippen LogP contribution in [0.4, 0.5) is 0 Å². The largest absolute Gasteiger partial charge is 0.497 e. The first-order chi connectivity index (χ1) is 8.90. The highest BCUT2D eigenvalue weighted by Gasteiger charge is 2.56. The SMILES string of the molecule is COc1ccc2c(c1)[C@]1(C)CCCC(C)(C)[C@@H]1[C@H]2O. The fourth-order valence-corrected chi connectivity index (χ4v) is 4.76. The van der Waals surface area contributed by atoms with Crippen molar-refractivity contribution < 1.29 is 9.84 Å². The standard InChI is InChI=1S/C17H24O2/c1-16(2)8-5-9-17(3)13-10-11(19-4)6-7-12(13)14(18)15(16)17/h6-7,10,14-15,18H,5,8-9H2,1-4H3/t14-,15-,17-/m0/s1. The van der Waals surface area contributed by atoms with Crippen LogP contribution in [0.25, 0.3) is 0 Å². The highest BCUT2D eigenvalue weighted by Crippen LogP contribution is 2.62. The molecule has 1 N–H and O–H groups in total. The third kappa shape index (κ3) is 1.66. The zero-order valence-electron chi connectivity index (χ0n) is 12.4. The first kappa shape index (κ1) is 13.0. The molecule has 104 valence electrons. The summed E-state index contributed by atoms with van der Waals surface area (Å²) in [4.78, 5) is 0. The molecule has 0 unspecified atom stereocenters. The molecule has 19 heavy (non-hydrogen) atoms. The van der Waals surface area contributed by atoms with Gasteiger partial charge in [-0.15, -0.1) is 0 Å². The number of benzene rings is 1. The van der Waals surface area contributed by atoms with Gasteiger partial charge in [-0.2, -0.15) is 0 Å². The number of hydrogen-bond acceptors (Lipinski definition) is 2. The Morgan fingerprint density at radius 2 is 1.95 bits per heavy atom. The molecule has 1 saturated carbocycles. The van der Waals surface area contributed by atoms with Crippen LogP contribution in [0.2, 0.25) is 0 Å². The molecule has 2 heteroatoms. The summed E-state index contributed by atoms with van der Waals surface area (Å²) in [5.74, 6) is 1.21. The Morgan fingerprint density at radius 1 is 1.21 bits per heavy atom. The Hall–Kier alpha value is -1.02. The average Bonchev–Trinajstić information content (AvgIpc) is 2.58. The molecular formula is C17H24O2. The summed E-state index contributed by atoms with van der Waals surface area (Å²) in [6, 6.07) is 6.16. The number of methoxy groups -OCH3 is 1. The van der Waals surface area contributed by atoms with E-state index in [9.17, 15) is 5.11 Å². The maximum atomic E-state index is 10.8.